The van der Waals surface area contributed by atoms with Gasteiger partial charge < -0.3 is 15.5 Å². The Morgan fingerprint density at radius 1 is 1.23 bits per heavy atom. The minimum absolute atomic E-state index is 0.0889. The van der Waals surface area contributed by atoms with Gasteiger partial charge in [0, 0.05) is 54.9 Å². The predicted octanol–water partition coefficient (Wildman–Crippen LogP) is 5.27. The van der Waals surface area contributed by atoms with Gasteiger partial charge in [0.1, 0.15) is 11.6 Å². The van der Waals surface area contributed by atoms with E-state index >= 15 is 0 Å². The van der Waals surface area contributed by atoms with Crippen LogP contribution in [0.25, 0.3) is 11.4 Å². The van der Waals surface area contributed by atoms with Crippen LogP contribution in [0.15, 0.2) is 42.9 Å². The maximum atomic E-state index is 14.5. The quantitative estimate of drug-likeness (QED) is 0.484. The molecule has 1 aromatic carbocycles. The van der Waals surface area contributed by atoms with Crippen LogP contribution in [-0.4, -0.2) is 51.4 Å². The number of hydrogen-bond donors (Lipinski definition) is 2. The molecular weight excluding hydrogens is 467 g/mol. The Balaban J connectivity index is 1.69. The van der Waals surface area contributed by atoms with Crippen molar-refractivity contribution in [3.05, 3.63) is 64.8 Å². The van der Waals surface area contributed by atoms with Gasteiger partial charge >= 0.3 is 0 Å². The Morgan fingerprint density at radius 3 is 2.77 bits per heavy atom. The van der Waals surface area contributed by atoms with Crippen LogP contribution >= 0.6 is 11.6 Å². The van der Waals surface area contributed by atoms with Crippen molar-refractivity contribution in [2.45, 2.75) is 39.7 Å². The lowest BCUT2D eigenvalue weighted by Gasteiger charge is -2.36. The van der Waals surface area contributed by atoms with Crippen LogP contribution in [0.4, 0.5) is 15.9 Å². The Kier molecular flexibility index (Phi) is 7.62. The summed E-state index contributed by atoms with van der Waals surface area (Å²) in [6.45, 7) is 10.3. The molecule has 1 amide bonds. The normalized spacial score (nSPS) is 16.1. The van der Waals surface area contributed by atoms with E-state index in [1.54, 1.807) is 24.7 Å². The lowest BCUT2D eigenvalue weighted by atomic mass is 10.0. The number of halogens is 2. The highest BCUT2D eigenvalue weighted by Crippen LogP contribution is 2.31. The second-order valence-corrected chi connectivity index (χ2v) is 9.81. The van der Waals surface area contributed by atoms with E-state index in [1.165, 1.54) is 18.2 Å². The molecule has 9 heteroatoms. The molecule has 184 valence electrons. The molecule has 1 aliphatic heterocycles. The summed E-state index contributed by atoms with van der Waals surface area (Å²) in [5.41, 5.74) is 2.10. The number of hydrogen-bond acceptors (Lipinski definition) is 6. The van der Waals surface area contributed by atoms with E-state index in [-0.39, 0.29) is 29.3 Å². The number of pyridine rings is 1. The summed E-state index contributed by atoms with van der Waals surface area (Å²) in [6.07, 6.45) is 4.88. The van der Waals surface area contributed by atoms with Gasteiger partial charge in [-0.1, -0.05) is 39.3 Å². The van der Waals surface area contributed by atoms with Crippen molar-refractivity contribution in [1.29, 1.82) is 0 Å². The molecule has 0 saturated carbocycles. The molecule has 3 aromatic rings. The Bertz CT molecular complexity index is 1220. The fourth-order valence-corrected chi connectivity index (χ4v) is 4.27. The first-order valence-electron chi connectivity index (χ1n) is 11.8. The van der Waals surface area contributed by atoms with Crippen LogP contribution in [0.5, 0.6) is 0 Å². The zero-order valence-electron chi connectivity index (χ0n) is 20.3. The number of aromatic nitrogens is 3. The van der Waals surface area contributed by atoms with Gasteiger partial charge in [-0.15, -0.1) is 0 Å². The van der Waals surface area contributed by atoms with Gasteiger partial charge in [0.05, 0.1) is 16.8 Å². The van der Waals surface area contributed by atoms with Gasteiger partial charge in [0.15, 0.2) is 5.82 Å². The molecule has 0 spiro atoms. The number of anilines is 2. The number of amides is 1. The van der Waals surface area contributed by atoms with Crippen molar-refractivity contribution in [3.8, 4) is 11.4 Å². The summed E-state index contributed by atoms with van der Waals surface area (Å²) in [7, 11) is 0. The summed E-state index contributed by atoms with van der Waals surface area (Å²) >= 11 is 6.09. The molecule has 1 atom stereocenters. The maximum Gasteiger partial charge on any atom is 0.257 e. The Morgan fingerprint density at radius 2 is 2.03 bits per heavy atom. The SMILES string of the molecule is CC(C)c1cnc(-c2cc(Cl)ccc2F)nc1Nc1ccncc1C(=O)N1CCNC(C(C)C)C1. The molecule has 1 fully saturated rings. The Hall–Kier alpha value is -3.10. The first kappa shape index (κ1) is 25.0. The summed E-state index contributed by atoms with van der Waals surface area (Å²) in [5.74, 6) is 0.671. The largest absolute Gasteiger partial charge is 0.339 e. The summed E-state index contributed by atoms with van der Waals surface area (Å²) in [5, 5.41) is 7.18. The van der Waals surface area contributed by atoms with E-state index in [0.29, 0.717) is 41.1 Å². The van der Waals surface area contributed by atoms with Gasteiger partial charge in [-0.3, -0.25) is 9.78 Å². The number of benzene rings is 1. The summed E-state index contributed by atoms with van der Waals surface area (Å²) in [4.78, 5) is 28.6. The van der Waals surface area contributed by atoms with Crippen LogP contribution < -0.4 is 10.6 Å². The molecule has 2 aromatic heterocycles. The van der Waals surface area contributed by atoms with Crippen molar-refractivity contribution in [2.75, 3.05) is 25.0 Å². The van der Waals surface area contributed by atoms with Crippen LogP contribution in [0.3, 0.4) is 0 Å². The van der Waals surface area contributed by atoms with E-state index < -0.39 is 5.82 Å². The van der Waals surface area contributed by atoms with Gasteiger partial charge in [-0.2, -0.15) is 0 Å². The van der Waals surface area contributed by atoms with Crippen molar-refractivity contribution >= 4 is 29.0 Å². The third-order valence-corrected chi connectivity index (χ3v) is 6.45. The van der Waals surface area contributed by atoms with Gasteiger partial charge in [-0.05, 0) is 36.1 Å². The van der Waals surface area contributed by atoms with Crippen LogP contribution in [0.2, 0.25) is 5.02 Å². The second-order valence-electron chi connectivity index (χ2n) is 9.38. The molecule has 2 N–H and O–H groups in total. The van der Waals surface area contributed by atoms with Crippen molar-refractivity contribution < 1.29 is 9.18 Å². The predicted molar refractivity (Wildman–Crippen MR) is 137 cm³/mol. The first-order chi connectivity index (χ1) is 16.7. The van der Waals surface area contributed by atoms with E-state index in [0.717, 1.165) is 12.1 Å². The number of nitrogens with one attached hydrogen (secondary N) is 2. The highest BCUT2D eigenvalue weighted by molar-refractivity contribution is 6.30. The standard InChI is InChI=1S/C26H30ClFN6O/c1-15(2)19-13-31-24(18-11-17(27)5-6-21(18)28)33-25(19)32-22-7-8-29-12-20(22)26(35)34-10-9-30-23(14-34)16(3)4/h5-8,11-13,15-16,23,30H,9-10,14H2,1-4H3,(H,29,31,32,33). The zero-order valence-corrected chi connectivity index (χ0v) is 21.1. The summed E-state index contributed by atoms with van der Waals surface area (Å²) in [6, 6.07) is 6.27. The lowest BCUT2D eigenvalue weighted by Crippen LogP contribution is -2.54. The molecule has 1 saturated heterocycles. The molecule has 4 rings (SSSR count). The highest BCUT2D eigenvalue weighted by Gasteiger charge is 2.27. The van der Waals surface area contributed by atoms with Crippen molar-refractivity contribution in [2.24, 2.45) is 5.92 Å². The monoisotopic (exact) mass is 496 g/mol. The number of rotatable bonds is 6. The minimum Gasteiger partial charge on any atom is -0.339 e. The number of carbonyl (C=O) groups is 1. The third-order valence-electron chi connectivity index (χ3n) is 6.21. The van der Waals surface area contributed by atoms with Crippen molar-refractivity contribution in [1.82, 2.24) is 25.2 Å². The minimum atomic E-state index is -0.462. The van der Waals surface area contributed by atoms with E-state index in [9.17, 15) is 9.18 Å². The molecular formula is C26H30ClFN6O. The van der Waals surface area contributed by atoms with E-state index in [4.69, 9.17) is 11.6 Å². The van der Waals surface area contributed by atoms with Crippen LogP contribution in [0, 0.1) is 11.7 Å². The topological polar surface area (TPSA) is 83.0 Å². The Labute approximate surface area is 210 Å². The first-order valence-corrected chi connectivity index (χ1v) is 12.2. The maximum absolute atomic E-state index is 14.5. The molecule has 1 aliphatic rings. The molecule has 0 radical (unpaired) electrons. The van der Waals surface area contributed by atoms with Gasteiger partial charge in [0.2, 0.25) is 0 Å². The molecule has 1 unspecified atom stereocenters. The van der Waals surface area contributed by atoms with E-state index in [2.05, 4.69) is 39.4 Å². The molecule has 0 bridgehead atoms. The van der Waals surface area contributed by atoms with Crippen LogP contribution in [0.1, 0.15) is 49.5 Å². The molecule has 7 nitrogen and oxygen atoms in total. The van der Waals surface area contributed by atoms with Gasteiger partial charge in [-0.25, -0.2) is 14.4 Å². The van der Waals surface area contributed by atoms with Crippen molar-refractivity contribution in [3.63, 3.8) is 0 Å². The average Bonchev–Trinajstić information content (AvgIpc) is 2.85. The zero-order chi connectivity index (χ0) is 25.1. The molecule has 35 heavy (non-hydrogen) atoms. The van der Waals surface area contributed by atoms with Gasteiger partial charge in [0.25, 0.3) is 5.91 Å². The third kappa shape index (κ3) is 5.60. The highest BCUT2D eigenvalue weighted by atomic mass is 35.5. The van der Waals surface area contributed by atoms with Crippen LogP contribution in [-0.2, 0) is 0 Å². The fourth-order valence-electron chi connectivity index (χ4n) is 4.09. The summed E-state index contributed by atoms with van der Waals surface area (Å²) < 4.78 is 14.5. The molecule has 0 aliphatic carbocycles. The smallest absolute Gasteiger partial charge is 0.257 e. The number of piperazine rings is 1. The number of carbonyl (C=O) groups excluding carboxylic acids is 1. The number of nitrogens with zero attached hydrogens (tertiary/aromatic N) is 4. The average molecular weight is 497 g/mol. The van der Waals surface area contributed by atoms with E-state index in [1.807, 2.05) is 18.7 Å². The fraction of sp³-hybridized carbons (Fsp3) is 0.385. The lowest BCUT2D eigenvalue weighted by molar-refractivity contribution is 0.0684. The molecule has 3 heterocycles. The second kappa shape index (κ2) is 10.7.